The van der Waals surface area contributed by atoms with Gasteiger partial charge >= 0.3 is 0 Å². The molecule has 0 aliphatic carbocycles. The highest BCUT2D eigenvalue weighted by atomic mass is 19.1. The third kappa shape index (κ3) is 2.82. The van der Waals surface area contributed by atoms with Crippen LogP contribution in [0.1, 0.15) is 30.9 Å². The van der Waals surface area contributed by atoms with Crippen molar-refractivity contribution in [3.63, 3.8) is 0 Å². The van der Waals surface area contributed by atoms with Gasteiger partial charge in [0.05, 0.1) is 0 Å². The molecule has 2 heterocycles. The number of carbonyl (C=O) groups is 1. The molecule has 136 valence electrons. The van der Waals surface area contributed by atoms with Crippen LogP contribution in [0.4, 0.5) is 10.1 Å². The fourth-order valence-electron chi connectivity index (χ4n) is 4.61. The number of hydrogen-bond acceptors (Lipinski definition) is 3. The summed E-state index contributed by atoms with van der Waals surface area (Å²) in [4.78, 5) is 17.8. The third-order valence-corrected chi connectivity index (χ3v) is 5.90. The quantitative estimate of drug-likeness (QED) is 0.837. The molecule has 0 spiro atoms. The predicted octanol–water partition coefficient (Wildman–Crippen LogP) is 3.77. The first-order chi connectivity index (χ1) is 12.6. The first-order valence-corrected chi connectivity index (χ1v) is 9.46. The molecule has 0 N–H and O–H groups in total. The van der Waals surface area contributed by atoms with Gasteiger partial charge in [0.1, 0.15) is 11.4 Å². The second-order valence-electron chi connectivity index (χ2n) is 7.43. The van der Waals surface area contributed by atoms with Gasteiger partial charge < -0.3 is 9.80 Å². The van der Waals surface area contributed by atoms with Crippen molar-refractivity contribution in [2.75, 3.05) is 31.1 Å². The standard InChI is InChI=1S/C22H25FN2O/c1-17(26)22(16-24-13-4-5-14-24)21-7-3-2-6-18(21)12-15-25(22)20-10-8-19(23)9-11-20/h2-3,6-11H,4-5,12-16H2,1H3. The second-order valence-corrected chi connectivity index (χ2v) is 7.43. The Hall–Kier alpha value is -2.20. The lowest BCUT2D eigenvalue weighted by atomic mass is 9.77. The maximum absolute atomic E-state index is 13.5. The third-order valence-electron chi connectivity index (χ3n) is 5.90. The molecule has 4 heteroatoms. The second kappa shape index (κ2) is 6.84. The molecule has 26 heavy (non-hydrogen) atoms. The summed E-state index contributed by atoms with van der Waals surface area (Å²) in [5.41, 5.74) is 2.56. The SMILES string of the molecule is CC(=O)C1(CN2CCCC2)c2ccccc2CCN1c1ccc(F)cc1. The van der Waals surface area contributed by atoms with E-state index >= 15 is 0 Å². The highest BCUT2D eigenvalue weighted by molar-refractivity contribution is 5.92. The van der Waals surface area contributed by atoms with E-state index in [0.717, 1.165) is 37.3 Å². The van der Waals surface area contributed by atoms with Gasteiger partial charge in [-0.05, 0) is 74.7 Å². The van der Waals surface area contributed by atoms with Gasteiger partial charge in [-0.2, -0.15) is 0 Å². The van der Waals surface area contributed by atoms with Gasteiger partial charge in [0.25, 0.3) is 0 Å². The molecular formula is C22H25FN2O. The molecule has 0 radical (unpaired) electrons. The Balaban J connectivity index is 1.86. The molecule has 3 nitrogen and oxygen atoms in total. The lowest BCUT2D eigenvalue weighted by Crippen LogP contribution is -2.60. The van der Waals surface area contributed by atoms with Gasteiger partial charge in [-0.3, -0.25) is 4.79 Å². The number of ketones is 1. The van der Waals surface area contributed by atoms with Crippen molar-refractivity contribution < 1.29 is 9.18 Å². The maximum Gasteiger partial charge on any atom is 0.161 e. The van der Waals surface area contributed by atoms with E-state index in [4.69, 9.17) is 0 Å². The molecule has 1 fully saturated rings. The number of fused-ring (bicyclic) bond motifs is 1. The molecule has 4 rings (SSSR count). The summed E-state index contributed by atoms with van der Waals surface area (Å²) >= 11 is 0. The number of benzene rings is 2. The molecule has 1 unspecified atom stereocenters. The topological polar surface area (TPSA) is 23.6 Å². The summed E-state index contributed by atoms with van der Waals surface area (Å²) in [5, 5.41) is 0. The van der Waals surface area contributed by atoms with Crippen LogP contribution in [-0.4, -0.2) is 36.9 Å². The van der Waals surface area contributed by atoms with Crippen molar-refractivity contribution in [1.29, 1.82) is 0 Å². The van der Waals surface area contributed by atoms with Crippen LogP contribution in [0.5, 0.6) is 0 Å². The molecular weight excluding hydrogens is 327 g/mol. The van der Waals surface area contributed by atoms with Crippen LogP contribution in [0, 0.1) is 5.82 Å². The van der Waals surface area contributed by atoms with E-state index < -0.39 is 5.54 Å². The largest absolute Gasteiger partial charge is 0.354 e. The van der Waals surface area contributed by atoms with E-state index in [1.807, 2.05) is 12.1 Å². The fraction of sp³-hybridized carbons (Fsp3) is 0.409. The number of nitrogens with zero attached hydrogens (tertiary/aromatic N) is 2. The van der Waals surface area contributed by atoms with Crippen molar-refractivity contribution in [2.24, 2.45) is 0 Å². The number of hydrogen-bond donors (Lipinski definition) is 0. The highest BCUT2D eigenvalue weighted by Gasteiger charge is 2.48. The smallest absolute Gasteiger partial charge is 0.161 e. The maximum atomic E-state index is 13.5. The van der Waals surface area contributed by atoms with Crippen LogP contribution in [0.3, 0.4) is 0 Å². The lowest BCUT2D eigenvalue weighted by molar-refractivity contribution is -0.123. The molecule has 0 amide bonds. The molecule has 1 atom stereocenters. The van der Waals surface area contributed by atoms with Crippen LogP contribution in [0.2, 0.25) is 0 Å². The molecule has 2 aliphatic rings. The summed E-state index contributed by atoms with van der Waals surface area (Å²) in [6, 6.07) is 14.9. The Bertz CT molecular complexity index is 798. The Labute approximate surface area is 154 Å². The van der Waals surface area contributed by atoms with Gasteiger partial charge in [0, 0.05) is 18.8 Å². The van der Waals surface area contributed by atoms with Crippen LogP contribution in [0.25, 0.3) is 0 Å². The van der Waals surface area contributed by atoms with Crippen molar-refractivity contribution in [3.8, 4) is 0 Å². The Morgan fingerprint density at radius 2 is 1.73 bits per heavy atom. The van der Waals surface area contributed by atoms with Crippen LogP contribution in [0.15, 0.2) is 48.5 Å². The fourth-order valence-corrected chi connectivity index (χ4v) is 4.61. The zero-order chi connectivity index (χ0) is 18.1. The van der Waals surface area contributed by atoms with Gasteiger partial charge in [0.2, 0.25) is 0 Å². The van der Waals surface area contributed by atoms with Crippen molar-refractivity contribution in [3.05, 3.63) is 65.5 Å². The minimum absolute atomic E-state index is 0.154. The highest BCUT2D eigenvalue weighted by Crippen LogP contribution is 2.41. The molecule has 2 aromatic rings. The van der Waals surface area contributed by atoms with Gasteiger partial charge in [-0.1, -0.05) is 24.3 Å². The molecule has 2 aromatic carbocycles. The minimum Gasteiger partial charge on any atom is -0.354 e. The summed E-state index contributed by atoms with van der Waals surface area (Å²) in [6.07, 6.45) is 3.26. The van der Waals surface area contributed by atoms with E-state index in [2.05, 4.69) is 21.9 Å². The summed E-state index contributed by atoms with van der Waals surface area (Å²) in [6.45, 7) is 5.23. The number of carbonyl (C=O) groups excluding carboxylic acids is 1. The Morgan fingerprint density at radius 3 is 2.42 bits per heavy atom. The molecule has 1 saturated heterocycles. The van der Waals surface area contributed by atoms with E-state index in [-0.39, 0.29) is 11.6 Å². The van der Waals surface area contributed by atoms with Gasteiger partial charge in [-0.25, -0.2) is 4.39 Å². The zero-order valence-electron chi connectivity index (χ0n) is 15.2. The number of likely N-dealkylation sites (tertiary alicyclic amines) is 1. The average molecular weight is 352 g/mol. The number of halogens is 1. The molecule has 0 saturated carbocycles. The first kappa shape index (κ1) is 17.2. The van der Waals surface area contributed by atoms with E-state index in [0.29, 0.717) is 6.54 Å². The predicted molar refractivity (Wildman–Crippen MR) is 102 cm³/mol. The first-order valence-electron chi connectivity index (χ1n) is 9.46. The monoisotopic (exact) mass is 352 g/mol. The van der Waals surface area contributed by atoms with Gasteiger partial charge in [-0.15, -0.1) is 0 Å². The van der Waals surface area contributed by atoms with Crippen LogP contribution >= 0.6 is 0 Å². The molecule has 0 aromatic heterocycles. The van der Waals surface area contributed by atoms with Crippen LogP contribution < -0.4 is 4.90 Å². The van der Waals surface area contributed by atoms with E-state index in [1.54, 1.807) is 19.1 Å². The normalized spacial score (nSPS) is 23.1. The van der Waals surface area contributed by atoms with E-state index in [1.165, 1.54) is 30.5 Å². The number of anilines is 1. The van der Waals surface area contributed by atoms with Crippen molar-refractivity contribution in [2.45, 2.75) is 31.7 Å². The number of Topliss-reactive ketones (excluding diaryl/α,β-unsaturated/α-hetero) is 1. The van der Waals surface area contributed by atoms with Crippen LogP contribution in [-0.2, 0) is 16.8 Å². The Morgan fingerprint density at radius 1 is 1.04 bits per heavy atom. The summed E-state index contributed by atoms with van der Waals surface area (Å²) in [5.74, 6) is -0.0972. The average Bonchev–Trinajstić information content (AvgIpc) is 3.15. The Kier molecular flexibility index (Phi) is 4.53. The zero-order valence-corrected chi connectivity index (χ0v) is 15.2. The van der Waals surface area contributed by atoms with Gasteiger partial charge in [0.15, 0.2) is 5.78 Å². The summed E-state index contributed by atoms with van der Waals surface area (Å²) in [7, 11) is 0. The molecule has 0 bridgehead atoms. The summed E-state index contributed by atoms with van der Waals surface area (Å²) < 4.78 is 13.5. The minimum atomic E-state index is -0.711. The van der Waals surface area contributed by atoms with Crippen molar-refractivity contribution in [1.82, 2.24) is 4.90 Å². The van der Waals surface area contributed by atoms with Crippen molar-refractivity contribution >= 4 is 11.5 Å². The number of rotatable bonds is 4. The lowest BCUT2D eigenvalue weighted by Gasteiger charge is -2.49. The van der Waals surface area contributed by atoms with E-state index in [9.17, 15) is 9.18 Å². The molecule has 2 aliphatic heterocycles.